The highest BCUT2D eigenvalue weighted by molar-refractivity contribution is 5.80. The van der Waals surface area contributed by atoms with Crippen LogP contribution in [-0.2, 0) is 0 Å². The Labute approximate surface area is 220 Å². The van der Waals surface area contributed by atoms with Crippen LogP contribution < -0.4 is 10.5 Å². The minimum Gasteiger partial charge on any atom is -0.311 e. The number of nitrogens with zero attached hydrogens (tertiary/aromatic N) is 3. The third-order valence-electron chi connectivity index (χ3n) is 6.29. The molecule has 38 heavy (non-hydrogen) atoms. The summed E-state index contributed by atoms with van der Waals surface area (Å²) in [6.45, 7) is 0. The number of aromatic nitrogens is 3. The molecule has 0 saturated heterocycles. The lowest BCUT2D eigenvalue weighted by Crippen LogP contribution is -2.09. The minimum atomic E-state index is -0.173. The molecular weight excluding hydrogens is 468 g/mol. The van der Waals surface area contributed by atoms with E-state index in [0.29, 0.717) is 22.4 Å². The summed E-state index contributed by atoms with van der Waals surface area (Å²) < 4.78 is 0. The first-order chi connectivity index (χ1) is 18.7. The third-order valence-corrected chi connectivity index (χ3v) is 6.29. The lowest BCUT2D eigenvalue weighted by atomic mass is 10.1. The topological polar surface area (TPSA) is 61.9 Å². The van der Waals surface area contributed by atoms with Gasteiger partial charge in [0.2, 0.25) is 0 Å². The van der Waals surface area contributed by atoms with Gasteiger partial charge in [0, 0.05) is 23.3 Å². The molecule has 0 unspecified atom stereocenters. The Bertz CT molecular complexity index is 1740. The van der Waals surface area contributed by atoms with Crippen LogP contribution in [0.3, 0.4) is 0 Å². The lowest BCUT2D eigenvalue weighted by Gasteiger charge is -2.25. The predicted octanol–water partition coefficient (Wildman–Crippen LogP) is 7.63. The second kappa shape index (κ2) is 10.4. The standard InChI is InChI=1S/C33H24N4O/c38-33-29-13-7-8-14-30(29)35-32(36-33)31-23-25(21-22-34-31)16-15-24-17-19-28(20-18-24)37(26-9-3-1-4-10-26)27-11-5-2-6-12-27/h1-23H,(H,35,36,38)/b16-15+. The molecule has 0 aliphatic heterocycles. The molecule has 0 atom stereocenters. The largest absolute Gasteiger partial charge is 0.311 e. The molecule has 0 spiro atoms. The molecule has 5 nitrogen and oxygen atoms in total. The fraction of sp³-hybridized carbons (Fsp3) is 0. The molecule has 0 aliphatic rings. The van der Waals surface area contributed by atoms with E-state index < -0.39 is 0 Å². The second-order valence-corrected chi connectivity index (χ2v) is 8.84. The minimum absolute atomic E-state index is 0.173. The number of rotatable bonds is 6. The number of fused-ring (bicyclic) bond motifs is 1. The van der Waals surface area contributed by atoms with Crippen molar-refractivity contribution in [2.24, 2.45) is 0 Å². The average molecular weight is 493 g/mol. The number of H-pyrrole nitrogens is 1. The van der Waals surface area contributed by atoms with Gasteiger partial charge in [-0.1, -0.05) is 72.8 Å². The van der Waals surface area contributed by atoms with E-state index in [9.17, 15) is 4.79 Å². The molecule has 1 N–H and O–H groups in total. The van der Waals surface area contributed by atoms with Crippen molar-refractivity contribution in [2.75, 3.05) is 4.90 Å². The Hall–Kier alpha value is -5.29. The van der Waals surface area contributed by atoms with Crippen LogP contribution >= 0.6 is 0 Å². The van der Waals surface area contributed by atoms with Crippen LogP contribution in [0.5, 0.6) is 0 Å². The first-order valence-electron chi connectivity index (χ1n) is 12.4. The van der Waals surface area contributed by atoms with Crippen molar-refractivity contribution >= 4 is 40.1 Å². The van der Waals surface area contributed by atoms with Crippen molar-refractivity contribution < 1.29 is 0 Å². The molecule has 2 heterocycles. The van der Waals surface area contributed by atoms with Crippen LogP contribution in [0.25, 0.3) is 34.6 Å². The van der Waals surface area contributed by atoms with Gasteiger partial charge < -0.3 is 9.88 Å². The summed E-state index contributed by atoms with van der Waals surface area (Å²) in [5.41, 5.74) is 6.42. The van der Waals surface area contributed by atoms with Gasteiger partial charge >= 0.3 is 0 Å². The lowest BCUT2D eigenvalue weighted by molar-refractivity contribution is 1.14. The van der Waals surface area contributed by atoms with Crippen LogP contribution in [0, 0.1) is 0 Å². The van der Waals surface area contributed by atoms with Gasteiger partial charge in [0.05, 0.1) is 10.9 Å². The third kappa shape index (κ3) is 4.86. The SMILES string of the molecule is O=c1[nH]c(-c2cc(/C=C/c3ccc(N(c4ccccc4)c4ccccc4)cc3)ccn2)nc2ccccc12. The van der Waals surface area contributed by atoms with Crippen molar-refractivity contribution in [3.05, 3.63) is 149 Å². The van der Waals surface area contributed by atoms with E-state index in [4.69, 9.17) is 0 Å². The Morgan fingerprint density at radius 2 is 1.24 bits per heavy atom. The van der Waals surface area contributed by atoms with Crippen molar-refractivity contribution in [1.82, 2.24) is 15.0 Å². The number of para-hydroxylation sites is 3. The smallest absolute Gasteiger partial charge is 0.259 e. The molecule has 2 aromatic heterocycles. The Balaban J connectivity index is 1.26. The van der Waals surface area contributed by atoms with Gasteiger partial charge in [-0.2, -0.15) is 0 Å². The number of benzene rings is 4. The zero-order valence-electron chi connectivity index (χ0n) is 20.5. The van der Waals surface area contributed by atoms with E-state index in [2.05, 4.69) is 98.7 Å². The maximum absolute atomic E-state index is 12.5. The molecule has 6 aromatic rings. The fourth-order valence-electron chi connectivity index (χ4n) is 4.42. The molecule has 6 rings (SSSR count). The van der Waals surface area contributed by atoms with Crippen molar-refractivity contribution in [2.45, 2.75) is 0 Å². The highest BCUT2D eigenvalue weighted by Crippen LogP contribution is 2.34. The molecule has 182 valence electrons. The highest BCUT2D eigenvalue weighted by atomic mass is 16.1. The van der Waals surface area contributed by atoms with E-state index in [1.807, 2.05) is 48.5 Å². The van der Waals surface area contributed by atoms with Crippen LogP contribution in [0.4, 0.5) is 17.1 Å². The van der Waals surface area contributed by atoms with Gasteiger partial charge in [-0.3, -0.25) is 9.78 Å². The fourth-order valence-corrected chi connectivity index (χ4v) is 4.42. The predicted molar refractivity (Wildman–Crippen MR) is 156 cm³/mol. The van der Waals surface area contributed by atoms with E-state index in [1.54, 1.807) is 12.3 Å². The van der Waals surface area contributed by atoms with Crippen molar-refractivity contribution in [1.29, 1.82) is 0 Å². The molecule has 0 bridgehead atoms. The Kier molecular flexibility index (Phi) is 6.31. The molecular formula is C33H24N4O. The van der Waals surface area contributed by atoms with Gasteiger partial charge in [-0.05, 0) is 71.8 Å². The summed E-state index contributed by atoms with van der Waals surface area (Å²) in [5, 5.41) is 0.564. The van der Waals surface area contributed by atoms with Crippen molar-refractivity contribution in [3.8, 4) is 11.5 Å². The summed E-state index contributed by atoms with van der Waals surface area (Å²) in [6.07, 6.45) is 5.82. The zero-order valence-corrected chi connectivity index (χ0v) is 20.5. The van der Waals surface area contributed by atoms with Gasteiger partial charge in [-0.15, -0.1) is 0 Å². The van der Waals surface area contributed by atoms with Crippen LogP contribution in [-0.4, -0.2) is 15.0 Å². The number of hydrogen-bond donors (Lipinski definition) is 1. The summed E-state index contributed by atoms with van der Waals surface area (Å²) in [7, 11) is 0. The summed E-state index contributed by atoms with van der Waals surface area (Å²) in [6, 6.07) is 40.3. The van der Waals surface area contributed by atoms with Crippen LogP contribution in [0.2, 0.25) is 0 Å². The number of anilines is 3. The van der Waals surface area contributed by atoms with E-state index in [0.717, 1.165) is 28.2 Å². The number of aromatic amines is 1. The normalized spacial score (nSPS) is 11.2. The maximum Gasteiger partial charge on any atom is 0.259 e. The quantitative estimate of drug-likeness (QED) is 0.260. The number of nitrogens with one attached hydrogen (secondary N) is 1. The maximum atomic E-state index is 12.5. The average Bonchev–Trinajstić information content (AvgIpc) is 2.98. The van der Waals surface area contributed by atoms with Gasteiger partial charge in [-0.25, -0.2) is 4.98 Å². The summed E-state index contributed by atoms with van der Waals surface area (Å²) >= 11 is 0. The molecule has 0 aliphatic carbocycles. The molecule has 0 saturated carbocycles. The first-order valence-corrected chi connectivity index (χ1v) is 12.4. The number of pyridine rings is 1. The summed E-state index contributed by atoms with van der Waals surface area (Å²) in [5.74, 6) is 0.454. The Morgan fingerprint density at radius 1 is 0.632 bits per heavy atom. The van der Waals surface area contributed by atoms with Gasteiger partial charge in [0.25, 0.3) is 5.56 Å². The molecule has 4 aromatic carbocycles. The van der Waals surface area contributed by atoms with E-state index in [1.165, 1.54) is 0 Å². The van der Waals surface area contributed by atoms with Crippen LogP contribution in [0.1, 0.15) is 11.1 Å². The van der Waals surface area contributed by atoms with E-state index in [-0.39, 0.29) is 5.56 Å². The second-order valence-electron chi connectivity index (χ2n) is 8.84. The van der Waals surface area contributed by atoms with Gasteiger partial charge in [0.1, 0.15) is 5.69 Å². The summed E-state index contributed by atoms with van der Waals surface area (Å²) in [4.78, 5) is 26.6. The highest BCUT2D eigenvalue weighted by Gasteiger charge is 2.11. The van der Waals surface area contributed by atoms with Gasteiger partial charge in [0.15, 0.2) is 5.82 Å². The molecule has 0 amide bonds. The van der Waals surface area contributed by atoms with Crippen LogP contribution in [0.15, 0.2) is 132 Å². The molecule has 5 heteroatoms. The Morgan fingerprint density at radius 3 is 1.95 bits per heavy atom. The first kappa shape index (κ1) is 23.1. The van der Waals surface area contributed by atoms with E-state index >= 15 is 0 Å². The van der Waals surface area contributed by atoms with Crippen molar-refractivity contribution in [3.63, 3.8) is 0 Å². The monoisotopic (exact) mass is 492 g/mol. The zero-order chi connectivity index (χ0) is 25.7. The number of hydrogen-bond acceptors (Lipinski definition) is 4. The molecule has 0 radical (unpaired) electrons. The molecule has 0 fully saturated rings.